The third-order valence-electron chi connectivity index (χ3n) is 3.88. The van der Waals surface area contributed by atoms with Gasteiger partial charge in [-0.25, -0.2) is 4.79 Å². The Morgan fingerprint density at radius 2 is 2.10 bits per heavy atom. The normalized spacial score (nSPS) is 12.8. The molecule has 0 saturated carbocycles. The molecular formula is C16H28N2O3. The summed E-state index contributed by atoms with van der Waals surface area (Å²) in [5.41, 5.74) is 0.919. The van der Waals surface area contributed by atoms with Crippen LogP contribution >= 0.6 is 0 Å². The Morgan fingerprint density at radius 3 is 2.62 bits per heavy atom. The molecule has 0 aromatic carbocycles. The first-order chi connectivity index (χ1) is 9.97. The third-order valence-corrected chi connectivity index (χ3v) is 3.88. The lowest BCUT2D eigenvalue weighted by atomic mass is 10.1. The van der Waals surface area contributed by atoms with E-state index < -0.39 is 5.97 Å². The zero-order chi connectivity index (χ0) is 15.8. The van der Waals surface area contributed by atoms with Crippen LogP contribution < -0.4 is 5.32 Å². The highest BCUT2D eigenvalue weighted by Gasteiger charge is 2.13. The molecule has 0 amide bonds. The van der Waals surface area contributed by atoms with Crippen LogP contribution in [0.3, 0.4) is 0 Å². The van der Waals surface area contributed by atoms with Gasteiger partial charge in [0, 0.05) is 18.2 Å². The van der Waals surface area contributed by atoms with Gasteiger partial charge >= 0.3 is 5.97 Å². The molecule has 0 aliphatic rings. The maximum atomic E-state index is 10.8. The van der Waals surface area contributed by atoms with Gasteiger partial charge in [0.05, 0.1) is 0 Å². The number of hydrogen-bond donors (Lipinski definition) is 2. The molecule has 120 valence electrons. The van der Waals surface area contributed by atoms with Crippen LogP contribution in [0.25, 0.3) is 0 Å². The molecule has 0 spiro atoms. The molecule has 2 N–H and O–H groups in total. The summed E-state index contributed by atoms with van der Waals surface area (Å²) in [7, 11) is 0. The summed E-state index contributed by atoms with van der Waals surface area (Å²) in [6.45, 7) is 12.3. The topological polar surface area (TPSA) is 65.7 Å². The van der Waals surface area contributed by atoms with Crippen LogP contribution in [-0.2, 0) is 6.54 Å². The van der Waals surface area contributed by atoms with E-state index >= 15 is 0 Å². The summed E-state index contributed by atoms with van der Waals surface area (Å²) in [6.07, 6.45) is 2.28. The maximum Gasteiger partial charge on any atom is 0.371 e. The average molecular weight is 296 g/mol. The van der Waals surface area contributed by atoms with Gasteiger partial charge in [0.2, 0.25) is 5.76 Å². The fourth-order valence-corrected chi connectivity index (χ4v) is 2.35. The fraction of sp³-hybridized carbons (Fsp3) is 0.688. The van der Waals surface area contributed by atoms with E-state index in [9.17, 15) is 4.79 Å². The molecule has 5 nitrogen and oxygen atoms in total. The highest BCUT2D eigenvalue weighted by molar-refractivity contribution is 5.84. The van der Waals surface area contributed by atoms with Crippen LogP contribution in [-0.4, -0.2) is 41.7 Å². The minimum Gasteiger partial charge on any atom is -0.475 e. The van der Waals surface area contributed by atoms with Crippen molar-refractivity contribution in [3.05, 3.63) is 23.2 Å². The molecule has 0 aliphatic carbocycles. The predicted molar refractivity (Wildman–Crippen MR) is 83.7 cm³/mol. The van der Waals surface area contributed by atoms with Gasteiger partial charge in [0.25, 0.3) is 0 Å². The summed E-state index contributed by atoms with van der Waals surface area (Å²) < 4.78 is 5.20. The Labute approximate surface area is 127 Å². The van der Waals surface area contributed by atoms with Crippen molar-refractivity contribution in [1.82, 2.24) is 10.2 Å². The van der Waals surface area contributed by atoms with E-state index in [1.54, 1.807) is 13.0 Å². The fourth-order valence-electron chi connectivity index (χ4n) is 2.35. The highest BCUT2D eigenvalue weighted by Crippen LogP contribution is 2.15. The molecule has 1 aromatic heterocycles. The number of nitrogens with zero attached hydrogens (tertiary/aromatic N) is 1. The molecule has 1 atom stereocenters. The van der Waals surface area contributed by atoms with Gasteiger partial charge in [0.1, 0.15) is 5.76 Å². The lowest BCUT2D eigenvalue weighted by Crippen LogP contribution is -2.28. The van der Waals surface area contributed by atoms with Gasteiger partial charge in [-0.3, -0.25) is 0 Å². The standard InChI is InChI=1S/C16H28N2O3/c1-5-18(6-2)9-7-8-12(3)17-11-14-10-15(16(19)20)21-13(14)4/h10,12,17H,5-9,11H2,1-4H3,(H,19,20). The molecular weight excluding hydrogens is 268 g/mol. The molecule has 1 unspecified atom stereocenters. The Morgan fingerprint density at radius 1 is 1.43 bits per heavy atom. The number of carbonyl (C=O) groups is 1. The average Bonchev–Trinajstić information content (AvgIpc) is 2.83. The number of hydrogen-bond acceptors (Lipinski definition) is 4. The second kappa shape index (κ2) is 8.85. The van der Waals surface area contributed by atoms with Gasteiger partial charge in [-0.05, 0) is 52.4 Å². The van der Waals surface area contributed by atoms with Crippen LogP contribution in [0.5, 0.6) is 0 Å². The SMILES string of the molecule is CCN(CC)CCCC(C)NCc1cc(C(=O)O)oc1C. The van der Waals surface area contributed by atoms with Crippen molar-refractivity contribution in [1.29, 1.82) is 0 Å². The van der Waals surface area contributed by atoms with Gasteiger partial charge in [-0.2, -0.15) is 0 Å². The van der Waals surface area contributed by atoms with Crippen LogP contribution in [0.1, 0.15) is 55.5 Å². The molecule has 5 heteroatoms. The van der Waals surface area contributed by atoms with E-state index in [0.717, 1.165) is 31.6 Å². The molecule has 0 aliphatic heterocycles. The lowest BCUT2D eigenvalue weighted by molar-refractivity contribution is 0.0661. The van der Waals surface area contributed by atoms with Crippen molar-refractivity contribution in [2.75, 3.05) is 19.6 Å². The van der Waals surface area contributed by atoms with Crippen LogP contribution in [0, 0.1) is 6.92 Å². The second-order valence-corrected chi connectivity index (χ2v) is 5.45. The first kappa shape index (κ1) is 17.7. The molecule has 1 rings (SSSR count). The third kappa shape index (κ3) is 5.89. The Kier molecular flexibility index (Phi) is 7.47. The van der Waals surface area contributed by atoms with E-state index in [2.05, 4.69) is 31.0 Å². The zero-order valence-corrected chi connectivity index (χ0v) is 13.6. The number of carboxylic acids is 1. The van der Waals surface area contributed by atoms with Gasteiger partial charge in [-0.15, -0.1) is 0 Å². The van der Waals surface area contributed by atoms with Crippen molar-refractivity contribution in [3.8, 4) is 0 Å². The van der Waals surface area contributed by atoms with Gasteiger partial charge in [0.15, 0.2) is 0 Å². The monoisotopic (exact) mass is 296 g/mol. The number of aromatic carboxylic acids is 1. The second-order valence-electron chi connectivity index (χ2n) is 5.45. The highest BCUT2D eigenvalue weighted by atomic mass is 16.4. The number of carboxylic acid groups (broad SMARTS) is 1. The molecule has 0 bridgehead atoms. The number of aryl methyl sites for hydroxylation is 1. The summed E-state index contributed by atoms with van der Waals surface area (Å²) in [5.74, 6) is -0.328. The zero-order valence-electron chi connectivity index (χ0n) is 13.6. The molecule has 1 heterocycles. The van der Waals surface area contributed by atoms with E-state index in [0.29, 0.717) is 18.3 Å². The first-order valence-electron chi connectivity index (χ1n) is 7.76. The van der Waals surface area contributed by atoms with E-state index in [1.165, 1.54) is 6.42 Å². The van der Waals surface area contributed by atoms with Crippen molar-refractivity contribution >= 4 is 5.97 Å². The largest absolute Gasteiger partial charge is 0.475 e. The maximum absolute atomic E-state index is 10.8. The Bertz CT molecular complexity index is 439. The van der Waals surface area contributed by atoms with Crippen LogP contribution in [0.15, 0.2) is 10.5 Å². The number of rotatable bonds is 10. The first-order valence-corrected chi connectivity index (χ1v) is 7.76. The number of furan rings is 1. The minimum absolute atomic E-state index is 0.0125. The summed E-state index contributed by atoms with van der Waals surface area (Å²) >= 11 is 0. The predicted octanol–water partition coefficient (Wildman–Crippen LogP) is 2.89. The van der Waals surface area contributed by atoms with Gasteiger partial charge < -0.3 is 19.7 Å². The van der Waals surface area contributed by atoms with Gasteiger partial charge in [-0.1, -0.05) is 13.8 Å². The van der Waals surface area contributed by atoms with E-state index in [4.69, 9.17) is 9.52 Å². The van der Waals surface area contributed by atoms with Crippen LogP contribution in [0.2, 0.25) is 0 Å². The molecule has 1 aromatic rings. The minimum atomic E-state index is -1.02. The Balaban J connectivity index is 2.32. The van der Waals surface area contributed by atoms with Crippen molar-refractivity contribution < 1.29 is 14.3 Å². The van der Waals surface area contributed by atoms with E-state index in [-0.39, 0.29) is 5.76 Å². The lowest BCUT2D eigenvalue weighted by Gasteiger charge is -2.19. The smallest absolute Gasteiger partial charge is 0.371 e. The van der Waals surface area contributed by atoms with Crippen LogP contribution in [0.4, 0.5) is 0 Å². The summed E-state index contributed by atoms with van der Waals surface area (Å²) in [6, 6.07) is 2.01. The quantitative estimate of drug-likeness (QED) is 0.695. The van der Waals surface area contributed by atoms with Crippen molar-refractivity contribution in [3.63, 3.8) is 0 Å². The van der Waals surface area contributed by atoms with E-state index in [1.807, 2.05) is 0 Å². The Hall–Kier alpha value is -1.33. The molecule has 0 radical (unpaired) electrons. The van der Waals surface area contributed by atoms with Crippen molar-refractivity contribution in [2.24, 2.45) is 0 Å². The molecule has 0 fully saturated rings. The van der Waals surface area contributed by atoms with Crippen molar-refractivity contribution in [2.45, 2.75) is 53.1 Å². The molecule has 21 heavy (non-hydrogen) atoms. The summed E-state index contributed by atoms with van der Waals surface area (Å²) in [5, 5.41) is 12.3. The molecule has 0 saturated heterocycles. The number of nitrogens with one attached hydrogen (secondary N) is 1. The summed E-state index contributed by atoms with van der Waals surface area (Å²) in [4.78, 5) is 13.3.